The molecule has 0 unspecified atom stereocenters. The second kappa shape index (κ2) is 6.53. The van der Waals surface area contributed by atoms with E-state index in [4.69, 9.17) is 16.3 Å². The van der Waals surface area contributed by atoms with E-state index in [-0.39, 0.29) is 15.8 Å². The Morgan fingerprint density at radius 2 is 2.05 bits per heavy atom. The number of rotatable bonds is 5. The minimum atomic E-state index is -3.91. The number of methoxy groups -OCH3 is 1. The lowest BCUT2D eigenvalue weighted by Gasteiger charge is -2.27. The molecule has 0 aliphatic rings. The van der Waals surface area contributed by atoms with Gasteiger partial charge in [-0.15, -0.1) is 0 Å². The standard InChI is InChI=1S/C13H16BrClN2O3S/c1-8(2)13(3,7-16)17-21(18,19)12-6-10(15)11(20-4)5-9(12)14/h5-6,8,17H,1-4H3/t13-/m1/s1. The Bertz CT molecular complexity index is 685. The van der Waals surface area contributed by atoms with Crippen LogP contribution in [0.15, 0.2) is 21.5 Å². The summed E-state index contributed by atoms with van der Waals surface area (Å²) in [6, 6.07) is 4.75. The SMILES string of the molecule is COc1cc(Br)c(S(=O)(=O)N[C@](C)(C#N)C(C)C)cc1Cl. The van der Waals surface area contributed by atoms with Gasteiger partial charge in [0, 0.05) is 4.47 Å². The van der Waals surface area contributed by atoms with Crippen LogP contribution < -0.4 is 9.46 Å². The third-order valence-corrected chi connectivity index (χ3v) is 6.05. The first kappa shape index (κ1) is 18.2. The van der Waals surface area contributed by atoms with Gasteiger partial charge in [-0.05, 0) is 40.9 Å². The van der Waals surface area contributed by atoms with Crippen molar-refractivity contribution in [3.8, 4) is 11.8 Å². The van der Waals surface area contributed by atoms with Crippen molar-refractivity contribution in [2.45, 2.75) is 31.2 Å². The van der Waals surface area contributed by atoms with Crippen molar-refractivity contribution in [2.24, 2.45) is 5.92 Å². The lowest BCUT2D eigenvalue weighted by atomic mass is 9.92. The van der Waals surface area contributed by atoms with Gasteiger partial charge >= 0.3 is 0 Å². The third-order valence-electron chi connectivity index (χ3n) is 3.23. The summed E-state index contributed by atoms with van der Waals surface area (Å²) < 4.78 is 32.7. The number of sulfonamides is 1. The molecule has 0 bridgehead atoms. The molecule has 1 atom stereocenters. The van der Waals surface area contributed by atoms with E-state index in [0.29, 0.717) is 10.2 Å². The van der Waals surface area contributed by atoms with Gasteiger partial charge in [-0.25, -0.2) is 8.42 Å². The maximum Gasteiger partial charge on any atom is 0.243 e. The van der Waals surface area contributed by atoms with Gasteiger partial charge < -0.3 is 4.74 Å². The number of ether oxygens (including phenoxy) is 1. The lowest BCUT2D eigenvalue weighted by molar-refractivity contribution is 0.388. The molecule has 0 aliphatic carbocycles. The fraction of sp³-hybridized carbons (Fsp3) is 0.462. The summed E-state index contributed by atoms with van der Waals surface area (Å²) in [5.41, 5.74) is -1.22. The van der Waals surface area contributed by atoms with Gasteiger partial charge in [0.2, 0.25) is 10.0 Å². The zero-order chi connectivity index (χ0) is 16.4. The number of nitrogens with zero attached hydrogens (tertiary/aromatic N) is 1. The fourth-order valence-corrected chi connectivity index (χ4v) is 4.28. The van der Waals surface area contributed by atoms with Crippen molar-refractivity contribution < 1.29 is 13.2 Å². The second-order valence-electron chi connectivity index (χ2n) is 4.99. The average Bonchev–Trinajstić information content (AvgIpc) is 2.39. The van der Waals surface area contributed by atoms with Crippen LogP contribution in [0.2, 0.25) is 5.02 Å². The van der Waals surface area contributed by atoms with Gasteiger partial charge in [-0.2, -0.15) is 9.98 Å². The predicted molar refractivity (Wildman–Crippen MR) is 84.9 cm³/mol. The number of nitriles is 1. The van der Waals surface area contributed by atoms with E-state index in [1.807, 2.05) is 6.07 Å². The topological polar surface area (TPSA) is 79.2 Å². The van der Waals surface area contributed by atoms with E-state index in [1.165, 1.54) is 26.2 Å². The highest BCUT2D eigenvalue weighted by Gasteiger charge is 2.35. The van der Waals surface area contributed by atoms with Crippen LogP contribution in [0.1, 0.15) is 20.8 Å². The van der Waals surface area contributed by atoms with Crippen LogP contribution in [0.4, 0.5) is 0 Å². The molecule has 0 fully saturated rings. The molecule has 0 aromatic heterocycles. The summed E-state index contributed by atoms with van der Waals surface area (Å²) in [5.74, 6) is 0.152. The van der Waals surface area contributed by atoms with Gasteiger partial charge in [0.05, 0.1) is 23.1 Å². The highest BCUT2D eigenvalue weighted by Crippen LogP contribution is 2.34. The Morgan fingerprint density at radius 3 is 2.48 bits per heavy atom. The molecule has 1 rings (SSSR count). The molecule has 0 saturated heterocycles. The van der Waals surface area contributed by atoms with Gasteiger partial charge in [-0.1, -0.05) is 25.4 Å². The lowest BCUT2D eigenvalue weighted by Crippen LogP contribution is -2.48. The third kappa shape index (κ3) is 3.89. The Kier molecular flexibility index (Phi) is 5.67. The summed E-state index contributed by atoms with van der Waals surface area (Å²) in [7, 11) is -2.48. The zero-order valence-corrected chi connectivity index (χ0v) is 15.2. The molecule has 116 valence electrons. The highest BCUT2D eigenvalue weighted by atomic mass is 79.9. The fourth-order valence-electron chi connectivity index (χ4n) is 1.48. The summed E-state index contributed by atoms with van der Waals surface area (Å²) in [4.78, 5) is -0.0459. The second-order valence-corrected chi connectivity index (χ2v) is 7.90. The summed E-state index contributed by atoms with van der Waals surface area (Å²) >= 11 is 9.16. The molecule has 0 saturated carbocycles. The van der Waals surface area contributed by atoms with Crippen LogP contribution in [0.25, 0.3) is 0 Å². The zero-order valence-electron chi connectivity index (χ0n) is 12.1. The number of halogens is 2. The van der Waals surface area contributed by atoms with Crippen molar-refractivity contribution >= 4 is 37.6 Å². The minimum absolute atomic E-state index is 0.0459. The van der Waals surface area contributed by atoms with Gasteiger partial charge in [0.25, 0.3) is 0 Å². The van der Waals surface area contributed by atoms with E-state index in [1.54, 1.807) is 13.8 Å². The van der Waals surface area contributed by atoms with Crippen LogP contribution in [-0.4, -0.2) is 21.1 Å². The van der Waals surface area contributed by atoms with Crippen molar-refractivity contribution in [3.05, 3.63) is 21.6 Å². The molecule has 0 amide bonds. The van der Waals surface area contributed by atoms with E-state index in [2.05, 4.69) is 20.7 Å². The summed E-state index contributed by atoms with van der Waals surface area (Å²) in [6.45, 7) is 5.07. The molecule has 1 aromatic rings. The predicted octanol–water partition coefficient (Wildman–Crippen LogP) is 3.33. The number of nitrogens with one attached hydrogen (secondary N) is 1. The molecule has 0 heterocycles. The molecule has 0 spiro atoms. The Hall–Kier alpha value is -0.810. The minimum Gasteiger partial charge on any atom is -0.495 e. The first-order chi connectivity index (χ1) is 9.57. The smallest absolute Gasteiger partial charge is 0.243 e. The molecule has 0 aliphatic heterocycles. The van der Waals surface area contributed by atoms with E-state index < -0.39 is 15.6 Å². The van der Waals surface area contributed by atoms with Crippen LogP contribution >= 0.6 is 27.5 Å². The largest absolute Gasteiger partial charge is 0.495 e. The van der Waals surface area contributed by atoms with Crippen molar-refractivity contribution in [2.75, 3.05) is 7.11 Å². The Balaban J connectivity index is 3.34. The monoisotopic (exact) mass is 394 g/mol. The molecular formula is C13H16BrClN2O3S. The van der Waals surface area contributed by atoms with E-state index in [0.717, 1.165) is 0 Å². The molecule has 8 heteroatoms. The van der Waals surface area contributed by atoms with E-state index in [9.17, 15) is 13.7 Å². The van der Waals surface area contributed by atoms with Crippen LogP contribution in [-0.2, 0) is 10.0 Å². The number of hydrogen-bond acceptors (Lipinski definition) is 4. The normalized spacial score (nSPS) is 14.6. The average molecular weight is 396 g/mol. The maximum atomic E-state index is 12.5. The molecule has 5 nitrogen and oxygen atoms in total. The molecule has 1 aromatic carbocycles. The van der Waals surface area contributed by atoms with Crippen LogP contribution in [0, 0.1) is 17.2 Å². The highest BCUT2D eigenvalue weighted by molar-refractivity contribution is 9.10. The number of benzene rings is 1. The quantitative estimate of drug-likeness (QED) is 0.829. The van der Waals surface area contributed by atoms with E-state index >= 15 is 0 Å². The van der Waals surface area contributed by atoms with Crippen molar-refractivity contribution in [1.29, 1.82) is 5.26 Å². The summed E-state index contributed by atoms with van der Waals surface area (Å²) in [6.07, 6.45) is 0. The first-order valence-electron chi connectivity index (χ1n) is 6.05. The molecule has 1 N–H and O–H groups in total. The van der Waals surface area contributed by atoms with Crippen LogP contribution in [0.5, 0.6) is 5.75 Å². The van der Waals surface area contributed by atoms with Gasteiger partial charge in [-0.3, -0.25) is 0 Å². The van der Waals surface area contributed by atoms with Crippen LogP contribution in [0.3, 0.4) is 0 Å². The first-order valence-corrected chi connectivity index (χ1v) is 8.71. The Labute approximate surface area is 138 Å². The molecule has 0 radical (unpaired) electrons. The molecular weight excluding hydrogens is 380 g/mol. The van der Waals surface area contributed by atoms with Gasteiger partial charge in [0.1, 0.15) is 11.3 Å². The van der Waals surface area contributed by atoms with Crippen molar-refractivity contribution in [1.82, 2.24) is 4.72 Å². The Morgan fingerprint density at radius 1 is 1.48 bits per heavy atom. The van der Waals surface area contributed by atoms with Crippen molar-refractivity contribution in [3.63, 3.8) is 0 Å². The maximum absolute atomic E-state index is 12.5. The van der Waals surface area contributed by atoms with Gasteiger partial charge in [0.15, 0.2) is 0 Å². The number of hydrogen-bond donors (Lipinski definition) is 1. The summed E-state index contributed by atoms with van der Waals surface area (Å²) in [5, 5.41) is 9.41. The molecule has 21 heavy (non-hydrogen) atoms.